The SMILES string of the molecule is CCC(=O)O[C@@H]1CC[C@@]2(C)[C@@H](CC[C@H]3[C@H]2C(=O)C[C@@]2(C)C(C(C)=O)=CC[C@H]32)C1. The number of ketones is 2. The van der Waals surface area contributed by atoms with Crippen molar-refractivity contribution in [2.75, 3.05) is 0 Å². The molecule has 0 aliphatic heterocycles. The van der Waals surface area contributed by atoms with E-state index in [1.54, 1.807) is 6.92 Å². The molecule has 28 heavy (non-hydrogen) atoms. The highest BCUT2D eigenvalue weighted by molar-refractivity contribution is 5.97. The summed E-state index contributed by atoms with van der Waals surface area (Å²) in [6.07, 6.45) is 8.92. The fraction of sp³-hybridized carbons (Fsp3) is 0.792. The van der Waals surface area contributed by atoms with E-state index in [1.165, 1.54) is 0 Å². The van der Waals surface area contributed by atoms with Crippen molar-refractivity contribution in [3.63, 3.8) is 0 Å². The third-order valence-electron chi connectivity index (χ3n) is 8.85. The van der Waals surface area contributed by atoms with Crippen LogP contribution in [0, 0.1) is 34.5 Å². The van der Waals surface area contributed by atoms with Gasteiger partial charge in [0.25, 0.3) is 0 Å². The van der Waals surface area contributed by atoms with Gasteiger partial charge >= 0.3 is 5.97 Å². The molecule has 0 unspecified atom stereocenters. The zero-order chi connectivity index (χ0) is 20.3. The van der Waals surface area contributed by atoms with Crippen molar-refractivity contribution in [1.29, 1.82) is 0 Å². The molecule has 0 aromatic heterocycles. The van der Waals surface area contributed by atoms with E-state index in [9.17, 15) is 14.4 Å². The Kier molecular flexibility index (Phi) is 4.83. The lowest BCUT2D eigenvalue weighted by Gasteiger charge is -2.59. The zero-order valence-electron chi connectivity index (χ0n) is 17.8. The number of fused-ring (bicyclic) bond motifs is 5. The Labute approximate surface area is 168 Å². The summed E-state index contributed by atoms with van der Waals surface area (Å²) in [7, 11) is 0. The summed E-state index contributed by atoms with van der Waals surface area (Å²) >= 11 is 0. The first-order valence-corrected chi connectivity index (χ1v) is 11.1. The van der Waals surface area contributed by atoms with Gasteiger partial charge < -0.3 is 4.74 Å². The van der Waals surface area contributed by atoms with Crippen LogP contribution in [0.1, 0.15) is 79.1 Å². The summed E-state index contributed by atoms with van der Waals surface area (Å²) in [4.78, 5) is 37.4. The summed E-state index contributed by atoms with van der Waals surface area (Å²) < 4.78 is 5.65. The predicted molar refractivity (Wildman–Crippen MR) is 106 cm³/mol. The third kappa shape index (κ3) is 2.81. The van der Waals surface area contributed by atoms with Gasteiger partial charge in [-0.05, 0) is 74.2 Å². The van der Waals surface area contributed by atoms with Gasteiger partial charge in [-0.1, -0.05) is 26.8 Å². The molecular formula is C24H34O4. The van der Waals surface area contributed by atoms with Crippen molar-refractivity contribution in [1.82, 2.24) is 0 Å². The van der Waals surface area contributed by atoms with E-state index in [4.69, 9.17) is 4.74 Å². The molecule has 4 rings (SSSR count). The average Bonchev–Trinajstić information content (AvgIpc) is 2.98. The van der Waals surface area contributed by atoms with Crippen LogP contribution in [0.3, 0.4) is 0 Å². The van der Waals surface area contributed by atoms with E-state index in [0.29, 0.717) is 36.4 Å². The minimum atomic E-state index is -0.263. The van der Waals surface area contributed by atoms with Crippen molar-refractivity contribution in [2.24, 2.45) is 34.5 Å². The van der Waals surface area contributed by atoms with Gasteiger partial charge in [0.05, 0.1) is 0 Å². The van der Waals surface area contributed by atoms with Gasteiger partial charge in [0, 0.05) is 24.2 Å². The lowest BCUT2D eigenvalue weighted by Crippen LogP contribution is -2.57. The molecular weight excluding hydrogens is 352 g/mol. The molecule has 0 radical (unpaired) electrons. The van der Waals surface area contributed by atoms with Crippen LogP contribution in [0.4, 0.5) is 0 Å². The second-order valence-electron chi connectivity index (χ2n) is 10.2. The average molecular weight is 387 g/mol. The Morgan fingerprint density at radius 3 is 2.64 bits per heavy atom. The molecule has 4 nitrogen and oxygen atoms in total. The molecule has 154 valence electrons. The summed E-state index contributed by atoms with van der Waals surface area (Å²) in [6, 6.07) is 0. The quantitative estimate of drug-likeness (QED) is 0.662. The van der Waals surface area contributed by atoms with Gasteiger partial charge in [-0.25, -0.2) is 0 Å². The highest BCUT2D eigenvalue weighted by Crippen LogP contribution is 2.65. The zero-order valence-corrected chi connectivity index (χ0v) is 17.8. The lowest BCUT2D eigenvalue weighted by atomic mass is 9.44. The Bertz CT molecular complexity index is 737. The molecule has 0 N–H and O–H groups in total. The number of carbonyl (C=O) groups is 3. The van der Waals surface area contributed by atoms with Crippen LogP contribution in [-0.2, 0) is 19.1 Å². The number of carbonyl (C=O) groups excluding carboxylic acids is 3. The van der Waals surface area contributed by atoms with Gasteiger partial charge in [0.1, 0.15) is 11.9 Å². The minimum Gasteiger partial charge on any atom is -0.462 e. The molecule has 0 aromatic carbocycles. The Balaban J connectivity index is 1.57. The first-order chi connectivity index (χ1) is 13.2. The summed E-state index contributed by atoms with van der Waals surface area (Å²) in [5.74, 6) is 1.75. The molecule has 0 amide bonds. The predicted octanol–water partition coefficient (Wildman–Crippen LogP) is 4.66. The summed E-state index contributed by atoms with van der Waals surface area (Å²) in [5.41, 5.74) is 0.642. The summed E-state index contributed by atoms with van der Waals surface area (Å²) in [6.45, 7) is 7.96. The van der Waals surface area contributed by atoms with Crippen LogP contribution in [0.15, 0.2) is 11.6 Å². The molecule has 4 heteroatoms. The maximum absolute atomic E-state index is 13.5. The van der Waals surface area contributed by atoms with E-state index in [1.807, 2.05) is 6.92 Å². The Morgan fingerprint density at radius 1 is 1.21 bits per heavy atom. The minimum absolute atomic E-state index is 0.00935. The van der Waals surface area contributed by atoms with Gasteiger partial charge in [-0.3, -0.25) is 14.4 Å². The Morgan fingerprint density at radius 2 is 1.96 bits per heavy atom. The van der Waals surface area contributed by atoms with Crippen molar-refractivity contribution in [2.45, 2.75) is 85.2 Å². The summed E-state index contributed by atoms with van der Waals surface area (Å²) in [5, 5.41) is 0. The van der Waals surface area contributed by atoms with Gasteiger partial charge in [-0.15, -0.1) is 0 Å². The van der Waals surface area contributed by atoms with E-state index in [2.05, 4.69) is 19.9 Å². The molecule has 0 bridgehead atoms. The van der Waals surface area contributed by atoms with Crippen molar-refractivity contribution in [3.8, 4) is 0 Å². The molecule has 0 spiro atoms. The Hall–Kier alpha value is -1.45. The van der Waals surface area contributed by atoms with Gasteiger partial charge in [0.15, 0.2) is 5.78 Å². The number of hydrogen-bond donors (Lipinski definition) is 0. The number of ether oxygens (including phenoxy) is 1. The highest BCUT2D eigenvalue weighted by atomic mass is 16.5. The number of Topliss-reactive ketones (excluding diaryl/α,β-unsaturated/α-hetero) is 2. The van der Waals surface area contributed by atoms with Crippen LogP contribution in [-0.4, -0.2) is 23.6 Å². The van der Waals surface area contributed by atoms with Crippen molar-refractivity contribution >= 4 is 17.5 Å². The van der Waals surface area contributed by atoms with Crippen LogP contribution < -0.4 is 0 Å². The van der Waals surface area contributed by atoms with E-state index < -0.39 is 0 Å². The van der Waals surface area contributed by atoms with Crippen LogP contribution in [0.5, 0.6) is 0 Å². The monoisotopic (exact) mass is 386 g/mol. The number of allylic oxidation sites excluding steroid dienone is 2. The lowest BCUT2D eigenvalue weighted by molar-refractivity contribution is -0.167. The first kappa shape index (κ1) is 19.8. The van der Waals surface area contributed by atoms with Gasteiger partial charge in [0.2, 0.25) is 0 Å². The highest BCUT2D eigenvalue weighted by Gasteiger charge is 2.62. The number of rotatable bonds is 3. The molecule has 3 fully saturated rings. The van der Waals surface area contributed by atoms with E-state index >= 15 is 0 Å². The molecule has 4 aliphatic carbocycles. The second kappa shape index (κ2) is 6.81. The largest absolute Gasteiger partial charge is 0.462 e. The molecule has 7 atom stereocenters. The van der Waals surface area contributed by atoms with Crippen LogP contribution in [0.25, 0.3) is 0 Å². The first-order valence-electron chi connectivity index (χ1n) is 11.1. The smallest absolute Gasteiger partial charge is 0.305 e. The molecule has 0 heterocycles. The molecule has 3 saturated carbocycles. The second-order valence-corrected chi connectivity index (χ2v) is 10.2. The molecule has 0 saturated heterocycles. The fourth-order valence-electron chi connectivity index (χ4n) is 7.53. The fourth-order valence-corrected chi connectivity index (χ4v) is 7.53. The standard InChI is InChI=1S/C24H34O4/c1-5-21(27)28-16-10-11-23(3)15(12-16)6-7-17-19-9-8-18(14(2)25)24(19,4)13-20(26)22(17)23/h8,15-17,19,22H,5-7,9-13H2,1-4H3/t15-,16+,17+,19+,22-,23-,24-/m0/s1. The number of esters is 1. The molecule has 4 aliphatic rings. The van der Waals surface area contributed by atoms with Gasteiger partial charge in [-0.2, -0.15) is 0 Å². The number of hydrogen-bond acceptors (Lipinski definition) is 4. The van der Waals surface area contributed by atoms with E-state index in [0.717, 1.165) is 44.1 Å². The van der Waals surface area contributed by atoms with Crippen LogP contribution in [0.2, 0.25) is 0 Å². The maximum atomic E-state index is 13.5. The topological polar surface area (TPSA) is 60.4 Å². The van der Waals surface area contributed by atoms with Crippen molar-refractivity contribution < 1.29 is 19.1 Å². The van der Waals surface area contributed by atoms with E-state index in [-0.39, 0.29) is 34.6 Å². The molecule has 0 aromatic rings. The normalized spacial score (nSPS) is 44.8. The van der Waals surface area contributed by atoms with Crippen LogP contribution >= 0.6 is 0 Å². The third-order valence-corrected chi connectivity index (χ3v) is 8.85. The maximum Gasteiger partial charge on any atom is 0.305 e. The van der Waals surface area contributed by atoms with Crippen molar-refractivity contribution in [3.05, 3.63) is 11.6 Å².